The fraction of sp³-hybridized carbons (Fsp3) is 1.00. The molecular formula is C15H30N2O3. The molecule has 0 radical (unpaired) electrons. The molecule has 0 amide bonds. The first-order valence-electron chi connectivity index (χ1n) is 7.94. The molecule has 3 atom stereocenters. The number of hydrogen-bond donors (Lipinski definition) is 1. The first kappa shape index (κ1) is 16.2. The van der Waals surface area contributed by atoms with Crippen LogP contribution in [0.5, 0.6) is 0 Å². The molecule has 2 heterocycles. The Bertz CT molecular complexity index is 272. The molecule has 0 spiro atoms. The third kappa shape index (κ3) is 4.97. The second kappa shape index (κ2) is 8.29. The van der Waals surface area contributed by atoms with Gasteiger partial charge < -0.3 is 14.6 Å². The van der Waals surface area contributed by atoms with E-state index in [0.717, 1.165) is 19.6 Å². The number of methoxy groups -OCH3 is 1. The summed E-state index contributed by atoms with van der Waals surface area (Å²) in [6.07, 6.45) is 3.60. The van der Waals surface area contributed by atoms with Crippen LogP contribution in [0.25, 0.3) is 0 Å². The number of aliphatic hydroxyl groups is 1. The molecule has 20 heavy (non-hydrogen) atoms. The van der Waals surface area contributed by atoms with Gasteiger partial charge in [-0.2, -0.15) is 0 Å². The van der Waals surface area contributed by atoms with E-state index < -0.39 is 6.10 Å². The van der Waals surface area contributed by atoms with Crippen LogP contribution in [0.4, 0.5) is 0 Å². The van der Waals surface area contributed by atoms with Crippen molar-refractivity contribution in [1.82, 2.24) is 9.80 Å². The summed E-state index contributed by atoms with van der Waals surface area (Å²) in [5.74, 6) is 0. The molecule has 2 saturated heterocycles. The van der Waals surface area contributed by atoms with E-state index in [1.54, 1.807) is 7.11 Å². The molecule has 0 bridgehead atoms. The maximum Gasteiger partial charge on any atom is 0.0900 e. The highest BCUT2D eigenvalue weighted by atomic mass is 16.5. The van der Waals surface area contributed by atoms with Crippen LogP contribution < -0.4 is 0 Å². The molecule has 5 heteroatoms. The maximum absolute atomic E-state index is 10.1. The summed E-state index contributed by atoms with van der Waals surface area (Å²) in [7, 11) is 1.67. The highest BCUT2D eigenvalue weighted by Gasteiger charge is 2.29. The van der Waals surface area contributed by atoms with Crippen LogP contribution in [0.1, 0.15) is 26.2 Å². The zero-order valence-corrected chi connectivity index (χ0v) is 13.0. The van der Waals surface area contributed by atoms with E-state index in [4.69, 9.17) is 9.47 Å². The number of β-amino-alcohol motifs (C(OH)–C–C–N with tert-alkyl or cyclic N) is 1. The Balaban J connectivity index is 1.61. The predicted octanol–water partition coefficient (Wildman–Crippen LogP) is 0.569. The van der Waals surface area contributed by atoms with Gasteiger partial charge in [0.25, 0.3) is 0 Å². The summed E-state index contributed by atoms with van der Waals surface area (Å²) >= 11 is 0. The Morgan fingerprint density at radius 1 is 1.20 bits per heavy atom. The van der Waals surface area contributed by atoms with Crippen LogP contribution in [0.15, 0.2) is 0 Å². The van der Waals surface area contributed by atoms with Crippen molar-refractivity contribution in [1.29, 1.82) is 0 Å². The zero-order valence-electron chi connectivity index (χ0n) is 13.0. The molecule has 2 aliphatic rings. The van der Waals surface area contributed by atoms with Gasteiger partial charge in [0.15, 0.2) is 0 Å². The minimum atomic E-state index is -0.397. The first-order valence-corrected chi connectivity index (χ1v) is 7.94. The van der Waals surface area contributed by atoms with Gasteiger partial charge in [0.2, 0.25) is 0 Å². The Kier molecular flexibility index (Phi) is 6.71. The smallest absolute Gasteiger partial charge is 0.0900 e. The molecule has 3 unspecified atom stereocenters. The summed E-state index contributed by atoms with van der Waals surface area (Å²) in [5, 5.41) is 10.1. The summed E-state index contributed by atoms with van der Waals surface area (Å²) in [5.41, 5.74) is 0. The van der Waals surface area contributed by atoms with Crippen molar-refractivity contribution < 1.29 is 14.6 Å². The van der Waals surface area contributed by atoms with Crippen molar-refractivity contribution in [2.45, 2.75) is 44.4 Å². The molecule has 0 aromatic rings. The van der Waals surface area contributed by atoms with Gasteiger partial charge in [-0.05, 0) is 45.8 Å². The number of rotatable bonds is 8. The summed E-state index contributed by atoms with van der Waals surface area (Å²) in [4.78, 5) is 4.99. The topological polar surface area (TPSA) is 45.2 Å². The van der Waals surface area contributed by atoms with Gasteiger partial charge in [-0.1, -0.05) is 0 Å². The minimum absolute atomic E-state index is 0.0468. The Morgan fingerprint density at radius 3 is 2.65 bits per heavy atom. The molecule has 2 fully saturated rings. The number of hydrogen-bond acceptors (Lipinski definition) is 5. The lowest BCUT2D eigenvalue weighted by molar-refractivity contribution is -0.0385. The van der Waals surface area contributed by atoms with Crippen LogP contribution in [-0.4, -0.2) is 86.2 Å². The van der Waals surface area contributed by atoms with Crippen LogP contribution in [0.2, 0.25) is 0 Å². The molecule has 0 aromatic carbocycles. The van der Waals surface area contributed by atoms with E-state index in [1.165, 1.54) is 32.4 Å². The number of ether oxygens (including phenoxy) is 2. The van der Waals surface area contributed by atoms with Gasteiger partial charge in [0.1, 0.15) is 0 Å². The molecule has 2 aliphatic heterocycles. The third-order valence-corrected chi connectivity index (χ3v) is 4.35. The lowest BCUT2D eigenvalue weighted by atomic mass is 10.2. The van der Waals surface area contributed by atoms with Gasteiger partial charge in [-0.3, -0.25) is 9.80 Å². The van der Waals surface area contributed by atoms with Crippen LogP contribution in [0.3, 0.4) is 0 Å². The first-order chi connectivity index (χ1) is 9.69. The number of likely N-dealkylation sites (tertiary alicyclic amines) is 2. The number of nitrogens with zero attached hydrogens (tertiary/aromatic N) is 2. The monoisotopic (exact) mass is 286 g/mol. The van der Waals surface area contributed by atoms with E-state index in [1.807, 2.05) is 6.92 Å². The van der Waals surface area contributed by atoms with Gasteiger partial charge in [-0.25, -0.2) is 0 Å². The van der Waals surface area contributed by atoms with Crippen LogP contribution in [0, 0.1) is 0 Å². The second-order valence-corrected chi connectivity index (χ2v) is 6.20. The fourth-order valence-electron chi connectivity index (χ4n) is 3.29. The van der Waals surface area contributed by atoms with E-state index in [9.17, 15) is 5.11 Å². The standard InChI is InChI=1S/C15H30N2O3/c1-13(11-19-2)20-12-15(18)10-16-8-5-14(9-16)17-6-3-4-7-17/h13-15,18H,3-12H2,1-2H3. The minimum Gasteiger partial charge on any atom is -0.389 e. The van der Waals surface area contributed by atoms with Crippen molar-refractivity contribution in [3.8, 4) is 0 Å². The lowest BCUT2D eigenvalue weighted by Crippen LogP contribution is -2.38. The Morgan fingerprint density at radius 2 is 1.95 bits per heavy atom. The van der Waals surface area contributed by atoms with E-state index >= 15 is 0 Å². The van der Waals surface area contributed by atoms with Crippen molar-refractivity contribution >= 4 is 0 Å². The molecule has 118 valence electrons. The summed E-state index contributed by atoms with van der Waals surface area (Å²) in [6, 6.07) is 0.707. The van der Waals surface area contributed by atoms with Gasteiger partial charge >= 0.3 is 0 Å². The highest BCUT2D eigenvalue weighted by molar-refractivity contribution is 4.86. The predicted molar refractivity (Wildman–Crippen MR) is 78.9 cm³/mol. The van der Waals surface area contributed by atoms with Crippen molar-refractivity contribution in [3.63, 3.8) is 0 Å². The third-order valence-electron chi connectivity index (χ3n) is 4.35. The van der Waals surface area contributed by atoms with Crippen molar-refractivity contribution in [2.24, 2.45) is 0 Å². The highest BCUT2D eigenvalue weighted by Crippen LogP contribution is 2.20. The average Bonchev–Trinajstić information content (AvgIpc) is 3.07. The fourth-order valence-corrected chi connectivity index (χ4v) is 3.29. The van der Waals surface area contributed by atoms with Crippen molar-refractivity contribution in [2.75, 3.05) is 53.0 Å². The van der Waals surface area contributed by atoms with E-state index in [0.29, 0.717) is 19.3 Å². The Labute approximate surface area is 122 Å². The zero-order chi connectivity index (χ0) is 14.4. The SMILES string of the molecule is COCC(C)OCC(O)CN1CCC(N2CCCC2)C1. The number of aliphatic hydroxyl groups excluding tert-OH is 1. The summed E-state index contributed by atoms with van der Waals surface area (Å²) in [6.45, 7) is 8.40. The van der Waals surface area contributed by atoms with Gasteiger partial charge in [-0.15, -0.1) is 0 Å². The maximum atomic E-state index is 10.1. The molecule has 5 nitrogen and oxygen atoms in total. The van der Waals surface area contributed by atoms with Crippen LogP contribution >= 0.6 is 0 Å². The molecule has 0 aliphatic carbocycles. The average molecular weight is 286 g/mol. The second-order valence-electron chi connectivity index (χ2n) is 6.20. The molecule has 2 rings (SSSR count). The van der Waals surface area contributed by atoms with Gasteiger partial charge in [0.05, 0.1) is 25.4 Å². The largest absolute Gasteiger partial charge is 0.389 e. The quantitative estimate of drug-likeness (QED) is 0.707. The molecule has 0 aromatic heterocycles. The Hall–Kier alpha value is -0.200. The summed E-state index contributed by atoms with van der Waals surface area (Å²) < 4.78 is 10.6. The molecule has 0 saturated carbocycles. The molecular weight excluding hydrogens is 256 g/mol. The van der Waals surface area contributed by atoms with Crippen LogP contribution in [-0.2, 0) is 9.47 Å². The van der Waals surface area contributed by atoms with Crippen molar-refractivity contribution in [3.05, 3.63) is 0 Å². The molecule has 1 N–H and O–H groups in total. The lowest BCUT2D eigenvalue weighted by Gasteiger charge is -2.25. The van der Waals surface area contributed by atoms with E-state index in [2.05, 4.69) is 9.80 Å². The normalized spacial score (nSPS) is 28.1. The van der Waals surface area contributed by atoms with E-state index in [-0.39, 0.29) is 6.10 Å². The van der Waals surface area contributed by atoms with Gasteiger partial charge in [0, 0.05) is 26.2 Å².